The summed E-state index contributed by atoms with van der Waals surface area (Å²) >= 11 is 0. The minimum Gasteiger partial charge on any atom is -0.361 e. The zero-order valence-corrected chi connectivity index (χ0v) is 10.6. The number of aromatic nitrogens is 1. The molecule has 0 spiro atoms. The zero-order valence-electron chi connectivity index (χ0n) is 10.6. The maximum atomic E-state index is 11.4. The molecule has 18 heavy (non-hydrogen) atoms. The number of nitrogens with one attached hydrogen (secondary N) is 3. The zero-order chi connectivity index (χ0) is 12.8. The van der Waals surface area contributed by atoms with Crippen molar-refractivity contribution in [1.82, 2.24) is 15.6 Å². The number of carbonyl (C=O) groups excluding carboxylic acids is 1. The lowest BCUT2D eigenvalue weighted by Crippen LogP contribution is -2.36. The highest BCUT2D eigenvalue weighted by molar-refractivity contribution is 5.83. The molecule has 0 saturated carbocycles. The van der Waals surface area contributed by atoms with Crippen LogP contribution < -0.4 is 10.6 Å². The second kappa shape index (κ2) is 6.10. The van der Waals surface area contributed by atoms with E-state index in [2.05, 4.69) is 27.8 Å². The van der Waals surface area contributed by atoms with Gasteiger partial charge in [0.25, 0.3) is 0 Å². The average Bonchev–Trinajstić information content (AvgIpc) is 2.80. The van der Waals surface area contributed by atoms with Crippen molar-refractivity contribution in [2.45, 2.75) is 19.8 Å². The number of carbonyl (C=O) groups is 1. The standard InChI is InChI=1S/C14H19N3O/c1-2-8-15-14(18)16-9-7-11-10-17-13-6-4-3-5-12(11)13/h3-6,10,17H,2,7-9H2,1H3,(H2,15,16,18). The van der Waals surface area contributed by atoms with E-state index in [0.717, 1.165) is 24.9 Å². The number of benzene rings is 1. The summed E-state index contributed by atoms with van der Waals surface area (Å²) in [6.07, 6.45) is 3.80. The molecule has 0 fully saturated rings. The maximum absolute atomic E-state index is 11.4. The lowest BCUT2D eigenvalue weighted by Gasteiger charge is -2.05. The van der Waals surface area contributed by atoms with Gasteiger partial charge in [0.1, 0.15) is 0 Å². The highest BCUT2D eigenvalue weighted by Gasteiger charge is 2.03. The second-order valence-corrected chi connectivity index (χ2v) is 4.29. The average molecular weight is 245 g/mol. The summed E-state index contributed by atoms with van der Waals surface area (Å²) in [4.78, 5) is 14.6. The van der Waals surface area contributed by atoms with Gasteiger partial charge in [-0.2, -0.15) is 0 Å². The molecule has 2 rings (SSSR count). The van der Waals surface area contributed by atoms with Crippen LogP contribution in [0.25, 0.3) is 10.9 Å². The maximum Gasteiger partial charge on any atom is 0.314 e. The Morgan fingerprint density at radius 1 is 1.22 bits per heavy atom. The minimum atomic E-state index is -0.0864. The molecule has 0 aliphatic heterocycles. The highest BCUT2D eigenvalue weighted by Crippen LogP contribution is 2.17. The third-order valence-corrected chi connectivity index (χ3v) is 2.89. The van der Waals surface area contributed by atoms with Crippen LogP contribution in [-0.2, 0) is 6.42 Å². The molecule has 4 heteroatoms. The highest BCUT2D eigenvalue weighted by atomic mass is 16.2. The molecule has 0 atom stereocenters. The Labute approximate surface area is 107 Å². The molecule has 2 aromatic rings. The van der Waals surface area contributed by atoms with Crippen molar-refractivity contribution in [3.8, 4) is 0 Å². The van der Waals surface area contributed by atoms with Gasteiger partial charge in [-0.15, -0.1) is 0 Å². The van der Waals surface area contributed by atoms with Gasteiger partial charge in [0.2, 0.25) is 0 Å². The lowest BCUT2D eigenvalue weighted by molar-refractivity contribution is 0.241. The van der Waals surface area contributed by atoms with Crippen LogP contribution in [0, 0.1) is 0 Å². The first-order valence-corrected chi connectivity index (χ1v) is 6.38. The molecule has 1 aromatic carbocycles. The molecule has 3 N–H and O–H groups in total. The van der Waals surface area contributed by atoms with Gasteiger partial charge in [0, 0.05) is 30.2 Å². The Kier molecular flexibility index (Phi) is 4.23. The fourth-order valence-electron chi connectivity index (χ4n) is 1.95. The van der Waals surface area contributed by atoms with Gasteiger partial charge in [-0.25, -0.2) is 4.79 Å². The Bertz CT molecular complexity index is 518. The quantitative estimate of drug-likeness (QED) is 0.744. The second-order valence-electron chi connectivity index (χ2n) is 4.29. The third-order valence-electron chi connectivity index (χ3n) is 2.89. The number of urea groups is 1. The van der Waals surface area contributed by atoms with Gasteiger partial charge in [-0.3, -0.25) is 0 Å². The van der Waals surface area contributed by atoms with Crippen LogP contribution in [0.3, 0.4) is 0 Å². The molecule has 96 valence electrons. The molecular formula is C14H19N3O. The summed E-state index contributed by atoms with van der Waals surface area (Å²) in [5.41, 5.74) is 2.38. The summed E-state index contributed by atoms with van der Waals surface area (Å²) in [5, 5.41) is 6.88. The first-order chi connectivity index (χ1) is 8.81. The predicted molar refractivity (Wildman–Crippen MR) is 73.7 cm³/mol. The molecule has 0 saturated heterocycles. The van der Waals surface area contributed by atoms with Crippen LogP contribution in [0.1, 0.15) is 18.9 Å². The van der Waals surface area contributed by atoms with Crippen LogP contribution >= 0.6 is 0 Å². The summed E-state index contributed by atoms with van der Waals surface area (Å²) in [5.74, 6) is 0. The van der Waals surface area contributed by atoms with E-state index in [1.807, 2.05) is 25.3 Å². The van der Waals surface area contributed by atoms with Gasteiger partial charge < -0.3 is 15.6 Å². The van der Waals surface area contributed by atoms with Crippen molar-refractivity contribution in [3.05, 3.63) is 36.0 Å². The van der Waals surface area contributed by atoms with Crippen LogP contribution in [0.5, 0.6) is 0 Å². The van der Waals surface area contributed by atoms with Crippen molar-refractivity contribution in [2.75, 3.05) is 13.1 Å². The monoisotopic (exact) mass is 245 g/mol. The number of H-pyrrole nitrogens is 1. The molecule has 0 unspecified atom stereocenters. The minimum absolute atomic E-state index is 0.0864. The van der Waals surface area contributed by atoms with Crippen LogP contribution in [0.4, 0.5) is 4.79 Å². The summed E-state index contributed by atoms with van der Waals surface area (Å²) in [7, 11) is 0. The molecule has 0 aliphatic rings. The summed E-state index contributed by atoms with van der Waals surface area (Å²) < 4.78 is 0. The number of fused-ring (bicyclic) bond motifs is 1. The summed E-state index contributed by atoms with van der Waals surface area (Å²) in [6, 6.07) is 8.11. The van der Waals surface area contributed by atoms with Crippen molar-refractivity contribution in [2.24, 2.45) is 0 Å². The largest absolute Gasteiger partial charge is 0.361 e. The number of para-hydroxylation sites is 1. The normalized spacial score (nSPS) is 10.5. The number of hydrogen-bond donors (Lipinski definition) is 3. The van der Waals surface area contributed by atoms with Crippen LogP contribution in [0.15, 0.2) is 30.5 Å². The molecule has 1 aromatic heterocycles. The van der Waals surface area contributed by atoms with E-state index in [4.69, 9.17) is 0 Å². The molecule has 2 amide bonds. The number of hydrogen-bond acceptors (Lipinski definition) is 1. The number of amides is 2. The van der Waals surface area contributed by atoms with Crippen LogP contribution in [0.2, 0.25) is 0 Å². The fourth-order valence-corrected chi connectivity index (χ4v) is 1.95. The Morgan fingerprint density at radius 2 is 2.00 bits per heavy atom. The van der Waals surface area contributed by atoms with Crippen LogP contribution in [-0.4, -0.2) is 24.1 Å². The van der Waals surface area contributed by atoms with E-state index in [9.17, 15) is 4.79 Å². The third kappa shape index (κ3) is 3.03. The number of aromatic amines is 1. The molecule has 1 heterocycles. The SMILES string of the molecule is CCCNC(=O)NCCc1c[nH]c2ccccc12. The van der Waals surface area contributed by atoms with E-state index in [0.29, 0.717) is 6.54 Å². The number of rotatable bonds is 5. The van der Waals surface area contributed by atoms with Crippen molar-refractivity contribution in [1.29, 1.82) is 0 Å². The molecular weight excluding hydrogens is 226 g/mol. The first kappa shape index (κ1) is 12.5. The molecule has 4 nitrogen and oxygen atoms in total. The molecule has 0 aliphatic carbocycles. The van der Waals surface area contributed by atoms with E-state index >= 15 is 0 Å². The smallest absolute Gasteiger partial charge is 0.314 e. The van der Waals surface area contributed by atoms with E-state index < -0.39 is 0 Å². The van der Waals surface area contributed by atoms with Crippen molar-refractivity contribution >= 4 is 16.9 Å². The fraction of sp³-hybridized carbons (Fsp3) is 0.357. The summed E-state index contributed by atoms with van der Waals surface area (Å²) in [6.45, 7) is 3.41. The van der Waals surface area contributed by atoms with Gasteiger partial charge in [0.15, 0.2) is 0 Å². The Hall–Kier alpha value is -1.97. The van der Waals surface area contributed by atoms with Gasteiger partial charge in [-0.1, -0.05) is 25.1 Å². The molecule has 0 bridgehead atoms. The van der Waals surface area contributed by atoms with E-state index in [-0.39, 0.29) is 6.03 Å². The Morgan fingerprint density at radius 3 is 2.83 bits per heavy atom. The van der Waals surface area contributed by atoms with Gasteiger partial charge in [0.05, 0.1) is 0 Å². The van der Waals surface area contributed by atoms with Crippen molar-refractivity contribution < 1.29 is 4.79 Å². The predicted octanol–water partition coefficient (Wildman–Crippen LogP) is 2.42. The Balaban J connectivity index is 1.85. The van der Waals surface area contributed by atoms with E-state index in [1.165, 1.54) is 10.9 Å². The van der Waals surface area contributed by atoms with Crippen molar-refractivity contribution in [3.63, 3.8) is 0 Å². The molecule has 0 radical (unpaired) electrons. The topological polar surface area (TPSA) is 56.9 Å². The van der Waals surface area contributed by atoms with E-state index in [1.54, 1.807) is 0 Å². The lowest BCUT2D eigenvalue weighted by atomic mass is 10.1. The first-order valence-electron chi connectivity index (χ1n) is 6.38. The van der Waals surface area contributed by atoms with Gasteiger partial charge in [-0.05, 0) is 24.5 Å². The van der Waals surface area contributed by atoms with Gasteiger partial charge >= 0.3 is 6.03 Å².